The van der Waals surface area contributed by atoms with E-state index in [2.05, 4.69) is 15.3 Å². The Morgan fingerprint density at radius 2 is 2.00 bits per heavy atom. The van der Waals surface area contributed by atoms with Crippen LogP contribution in [0.3, 0.4) is 0 Å². The van der Waals surface area contributed by atoms with Crippen LogP contribution in [0.1, 0.15) is 34.6 Å². The number of aliphatic hydroxyl groups is 1. The summed E-state index contributed by atoms with van der Waals surface area (Å²) >= 11 is 0.653. The van der Waals surface area contributed by atoms with Gasteiger partial charge in [0, 0.05) is 30.5 Å². The van der Waals surface area contributed by atoms with Crippen molar-refractivity contribution in [1.82, 2.24) is 19.9 Å². The first kappa shape index (κ1) is 22.8. The second-order valence-corrected chi connectivity index (χ2v) is 7.86. The van der Waals surface area contributed by atoms with Crippen molar-refractivity contribution >= 4 is 17.2 Å². The van der Waals surface area contributed by atoms with E-state index in [4.69, 9.17) is 4.74 Å². The van der Waals surface area contributed by atoms with Crippen molar-refractivity contribution in [2.24, 2.45) is 7.05 Å². The Morgan fingerprint density at radius 3 is 2.48 bits per heavy atom. The number of imidazole rings is 1. The summed E-state index contributed by atoms with van der Waals surface area (Å²) in [5, 5.41) is 13.8. The standard InChI is InChI=1S/C20H21F3N4O3S/c1-12-11-31-18(25-12)19(29,20(21,22)23)10-15(28)26-16(17-24-8-9-27(17)2)13-4-6-14(30-3)7-5-13/h4-9,11,16,29H,10H2,1-3H3,(H,26,28). The molecule has 2 atom stereocenters. The third kappa shape index (κ3) is 4.72. The molecule has 0 aliphatic heterocycles. The van der Waals surface area contributed by atoms with Crippen LogP contribution in [-0.4, -0.2) is 38.8 Å². The number of carbonyl (C=O) groups excluding carboxylic acids is 1. The Morgan fingerprint density at radius 1 is 1.32 bits per heavy atom. The second-order valence-electron chi connectivity index (χ2n) is 7.00. The average Bonchev–Trinajstić information content (AvgIpc) is 3.34. The van der Waals surface area contributed by atoms with Crippen LogP contribution in [0.4, 0.5) is 13.2 Å². The van der Waals surface area contributed by atoms with Gasteiger partial charge < -0.3 is 19.7 Å². The minimum atomic E-state index is -5.09. The number of nitrogens with one attached hydrogen (secondary N) is 1. The molecule has 0 aliphatic carbocycles. The highest BCUT2D eigenvalue weighted by Crippen LogP contribution is 2.43. The fraction of sp³-hybridized carbons (Fsp3) is 0.350. The summed E-state index contributed by atoms with van der Waals surface area (Å²) in [4.78, 5) is 20.7. The van der Waals surface area contributed by atoms with Gasteiger partial charge in [-0.1, -0.05) is 12.1 Å². The fourth-order valence-electron chi connectivity index (χ4n) is 3.03. The molecular formula is C20H21F3N4O3S. The lowest BCUT2D eigenvalue weighted by Gasteiger charge is -2.29. The molecule has 1 aromatic carbocycles. The number of aryl methyl sites for hydroxylation is 2. The molecule has 0 spiro atoms. The highest BCUT2D eigenvalue weighted by Gasteiger charge is 2.58. The van der Waals surface area contributed by atoms with E-state index >= 15 is 0 Å². The van der Waals surface area contributed by atoms with Gasteiger partial charge in [-0.05, 0) is 24.6 Å². The molecule has 2 unspecified atom stereocenters. The minimum absolute atomic E-state index is 0.326. The van der Waals surface area contributed by atoms with Gasteiger partial charge in [-0.25, -0.2) is 9.97 Å². The molecule has 2 aromatic heterocycles. The first-order chi connectivity index (χ1) is 14.5. The maximum atomic E-state index is 13.7. The number of benzene rings is 1. The van der Waals surface area contributed by atoms with Crippen molar-refractivity contribution in [2.75, 3.05) is 7.11 Å². The lowest BCUT2D eigenvalue weighted by atomic mass is 9.98. The maximum Gasteiger partial charge on any atom is 0.424 e. The lowest BCUT2D eigenvalue weighted by Crippen LogP contribution is -2.46. The number of hydrogen-bond donors (Lipinski definition) is 2. The molecule has 0 aliphatic rings. The van der Waals surface area contributed by atoms with Gasteiger partial charge in [0.1, 0.15) is 22.6 Å². The quantitative estimate of drug-likeness (QED) is 0.572. The number of ether oxygens (including phenoxy) is 1. The number of carbonyl (C=O) groups is 1. The van der Waals surface area contributed by atoms with Crippen LogP contribution in [-0.2, 0) is 17.4 Å². The predicted molar refractivity (Wildman–Crippen MR) is 108 cm³/mol. The molecule has 0 fully saturated rings. The number of halogens is 3. The molecule has 0 bridgehead atoms. The second kappa shape index (κ2) is 8.67. The van der Waals surface area contributed by atoms with Gasteiger partial charge >= 0.3 is 6.18 Å². The molecule has 31 heavy (non-hydrogen) atoms. The molecule has 3 rings (SSSR count). The largest absolute Gasteiger partial charge is 0.497 e. The summed E-state index contributed by atoms with van der Waals surface area (Å²) in [5.41, 5.74) is -2.49. The molecule has 11 heteroatoms. The Balaban J connectivity index is 1.91. The normalized spacial score (nSPS) is 14.7. The van der Waals surface area contributed by atoms with Crippen LogP contribution in [0, 0.1) is 6.92 Å². The number of rotatable bonds is 7. The number of nitrogens with zero attached hydrogens (tertiary/aromatic N) is 3. The number of aromatic nitrogens is 3. The van der Waals surface area contributed by atoms with Crippen molar-refractivity contribution in [3.63, 3.8) is 0 Å². The van der Waals surface area contributed by atoms with E-state index in [0.29, 0.717) is 34.2 Å². The predicted octanol–water partition coefficient (Wildman–Crippen LogP) is 3.24. The highest BCUT2D eigenvalue weighted by molar-refractivity contribution is 7.09. The topological polar surface area (TPSA) is 89.3 Å². The van der Waals surface area contributed by atoms with E-state index in [0.717, 1.165) is 0 Å². The molecular weight excluding hydrogens is 433 g/mol. The van der Waals surface area contributed by atoms with Crippen LogP contribution < -0.4 is 10.1 Å². The summed E-state index contributed by atoms with van der Waals surface area (Å²) in [6.45, 7) is 1.51. The zero-order chi connectivity index (χ0) is 22.8. The molecule has 1 amide bonds. The van der Waals surface area contributed by atoms with Crippen molar-refractivity contribution in [1.29, 1.82) is 0 Å². The fourth-order valence-corrected chi connectivity index (χ4v) is 3.95. The Hall–Kier alpha value is -2.92. The van der Waals surface area contributed by atoms with Crippen molar-refractivity contribution in [2.45, 2.75) is 31.2 Å². The molecule has 2 N–H and O–H groups in total. The van der Waals surface area contributed by atoms with Gasteiger partial charge in [0.05, 0.1) is 13.5 Å². The average molecular weight is 454 g/mol. The molecule has 0 saturated heterocycles. The third-order valence-corrected chi connectivity index (χ3v) is 5.84. The Bertz CT molecular complexity index is 1050. The van der Waals surface area contributed by atoms with Crippen LogP contribution in [0.15, 0.2) is 42.0 Å². The van der Waals surface area contributed by atoms with Gasteiger partial charge in [-0.15, -0.1) is 11.3 Å². The highest BCUT2D eigenvalue weighted by atomic mass is 32.1. The molecule has 3 aromatic rings. The molecule has 0 saturated carbocycles. The van der Waals surface area contributed by atoms with Crippen molar-refractivity contribution in [3.05, 3.63) is 64.1 Å². The summed E-state index contributed by atoms with van der Waals surface area (Å²) in [6.07, 6.45) is -3.15. The summed E-state index contributed by atoms with van der Waals surface area (Å²) in [5.74, 6) is -0.00472. The van der Waals surface area contributed by atoms with Gasteiger partial charge in [0.25, 0.3) is 0 Å². The van der Waals surface area contributed by atoms with Gasteiger partial charge in [-0.3, -0.25) is 4.79 Å². The van der Waals surface area contributed by atoms with E-state index in [-0.39, 0.29) is 0 Å². The smallest absolute Gasteiger partial charge is 0.424 e. The molecule has 166 valence electrons. The van der Waals surface area contributed by atoms with Crippen molar-refractivity contribution in [3.8, 4) is 5.75 Å². The zero-order valence-electron chi connectivity index (χ0n) is 17.0. The summed E-state index contributed by atoms with van der Waals surface area (Å²) in [7, 11) is 3.21. The van der Waals surface area contributed by atoms with E-state index in [1.165, 1.54) is 25.6 Å². The number of thiazole rings is 1. The summed E-state index contributed by atoms with van der Waals surface area (Å²) < 4.78 is 48.0. The SMILES string of the molecule is COc1ccc(C(NC(=O)CC(O)(c2nc(C)cs2)C(F)(F)F)c2nccn2C)cc1. The number of alkyl halides is 3. The zero-order valence-corrected chi connectivity index (χ0v) is 17.8. The minimum Gasteiger partial charge on any atom is -0.497 e. The monoisotopic (exact) mass is 454 g/mol. The molecule has 7 nitrogen and oxygen atoms in total. The van der Waals surface area contributed by atoms with E-state index in [1.54, 1.807) is 42.1 Å². The van der Waals surface area contributed by atoms with E-state index < -0.39 is 35.2 Å². The van der Waals surface area contributed by atoms with E-state index in [9.17, 15) is 23.1 Å². The van der Waals surface area contributed by atoms with Crippen LogP contribution in [0.2, 0.25) is 0 Å². The van der Waals surface area contributed by atoms with Crippen LogP contribution in [0.25, 0.3) is 0 Å². The third-order valence-electron chi connectivity index (χ3n) is 4.73. The van der Waals surface area contributed by atoms with Gasteiger partial charge in [0.2, 0.25) is 11.5 Å². The first-order valence-electron chi connectivity index (χ1n) is 9.17. The van der Waals surface area contributed by atoms with Crippen molar-refractivity contribution < 1.29 is 27.8 Å². The number of hydrogen-bond acceptors (Lipinski definition) is 6. The van der Waals surface area contributed by atoms with Crippen LogP contribution >= 0.6 is 11.3 Å². The van der Waals surface area contributed by atoms with Crippen LogP contribution in [0.5, 0.6) is 5.75 Å². The summed E-state index contributed by atoms with van der Waals surface area (Å²) in [6, 6.07) is 5.86. The molecule has 2 heterocycles. The number of amides is 1. The first-order valence-corrected chi connectivity index (χ1v) is 10.1. The molecule has 0 radical (unpaired) electrons. The van der Waals surface area contributed by atoms with Gasteiger partial charge in [0.15, 0.2) is 0 Å². The maximum absolute atomic E-state index is 13.7. The Labute approximate surface area is 180 Å². The van der Waals surface area contributed by atoms with Gasteiger partial charge in [-0.2, -0.15) is 13.2 Å². The lowest BCUT2D eigenvalue weighted by molar-refractivity contribution is -0.267. The number of methoxy groups -OCH3 is 1. The Kier molecular flexibility index (Phi) is 6.37. The van der Waals surface area contributed by atoms with E-state index in [1.807, 2.05) is 0 Å².